The highest BCUT2D eigenvalue weighted by atomic mass is 16.4. The molecule has 1 aliphatic rings. The molecule has 1 aliphatic carbocycles. The standard InChI is InChI=1S/C24H35NO/c1-7-9-17(10-8-2)21-16-25-22(26-21)18-11-12-19-20(15-18)24(5,6)14-13-23(19,3)4/h11-12,15-17H,7-10,13-14H2,1-6H3. The molecule has 2 aromatic rings. The molecule has 0 fully saturated rings. The van der Waals surface area contributed by atoms with E-state index in [4.69, 9.17) is 4.42 Å². The Morgan fingerprint density at radius 2 is 1.58 bits per heavy atom. The van der Waals surface area contributed by atoms with Gasteiger partial charge in [0.25, 0.3) is 0 Å². The Balaban J connectivity index is 1.96. The molecule has 1 aromatic heterocycles. The SMILES string of the molecule is CCCC(CCC)c1cnc(-c2ccc3c(c2)C(C)(C)CCC3(C)C)o1. The molecule has 0 radical (unpaired) electrons. The Bertz CT molecular complexity index is 747. The first kappa shape index (κ1) is 19.2. The maximum atomic E-state index is 6.24. The van der Waals surface area contributed by atoms with E-state index < -0.39 is 0 Å². The second-order valence-electron chi connectivity index (χ2n) is 9.37. The molecule has 0 bridgehead atoms. The minimum atomic E-state index is 0.212. The van der Waals surface area contributed by atoms with Crippen LogP contribution in [-0.4, -0.2) is 4.98 Å². The zero-order valence-electron chi connectivity index (χ0n) is 17.5. The van der Waals surface area contributed by atoms with Gasteiger partial charge in [0.1, 0.15) is 5.76 Å². The third kappa shape index (κ3) is 3.61. The van der Waals surface area contributed by atoms with Gasteiger partial charge in [-0.2, -0.15) is 0 Å². The van der Waals surface area contributed by atoms with Gasteiger partial charge in [-0.1, -0.05) is 60.5 Å². The molecular weight excluding hydrogens is 318 g/mol. The Hall–Kier alpha value is -1.57. The monoisotopic (exact) mass is 353 g/mol. The van der Waals surface area contributed by atoms with Crippen molar-refractivity contribution in [1.82, 2.24) is 4.98 Å². The number of hydrogen-bond donors (Lipinski definition) is 0. The highest BCUT2D eigenvalue weighted by Crippen LogP contribution is 2.46. The van der Waals surface area contributed by atoms with Crippen molar-refractivity contribution < 1.29 is 4.42 Å². The summed E-state index contributed by atoms with van der Waals surface area (Å²) in [7, 11) is 0. The number of nitrogens with zero attached hydrogens (tertiary/aromatic N) is 1. The number of oxazole rings is 1. The summed E-state index contributed by atoms with van der Waals surface area (Å²) >= 11 is 0. The predicted octanol–water partition coefficient (Wildman–Crippen LogP) is 7.37. The van der Waals surface area contributed by atoms with Gasteiger partial charge in [0.05, 0.1) is 6.20 Å². The summed E-state index contributed by atoms with van der Waals surface area (Å²) in [5.74, 6) is 2.33. The highest BCUT2D eigenvalue weighted by molar-refractivity contribution is 5.59. The van der Waals surface area contributed by atoms with Gasteiger partial charge in [-0.3, -0.25) is 0 Å². The van der Waals surface area contributed by atoms with Gasteiger partial charge in [0, 0.05) is 11.5 Å². The van der Waals surface area contributed by atoms with Crippen molar-refractivity contribution in [2.24, 2.45) is 0 Å². The maximum absolute atomic E-state index is 6.24. The lowest BCUT2D eigenvalue weighted by atomic mass is 9.63. The number of rotatable bonds is 6. The summed E-state index contributed by atoms with van der Waals surface area (Å²) in [6.45, 7) is 13.9. The van der Waals surface area contributed by atoms with Gasteiger partial charge >= 0.3 is 0 Å². The first-order chi connectivity index (χ1) is 12.3. The van der Waals surface area contributed by atoms with Crippen LogP contribution in [0.1, 0.15) is 103 Å². The van der Waals surface area contributed by atoms with Crippen molar-refractivity contribution in [3.8, 4) is 11.5 Å². The summed E-state index contributed by atoms with van der Waals surface area (Å²) in [6.07, 6.45) is 9.14. The Labute approximate surface area is 159 Å². The molecule has 26 heavy (non-hydrogen) atoms. The maximum Gasteiger partial charge on any atom is 0.226 e. The topological polar surface area (TPSA) is 26.0 Å². The Kier molecular flexibility index (Phi) is 5.33. The fraction of sp³-hybridized carbons (Fsp3) is 0.625. The zero-order valence-corrected chi connectivity index (χ0v) is 17.5. The molecule has 2 heteroatoms. The van der Waals surface area contributed by atoms with Gasteiger partial charge < -0.3 is 4.42 Å². The van der Waals surface area contributed by atoms with E-state index in [2.05, 4.69) is 64.7 Å². The van der Waals surface area contributed by atoms with Gasteiger partial charge in [-0.15, -0.1) is 0 Å². The summed E-state index contributed by atoms with van der Waals surface area (Å²) in [5, 5.41) is 0. The first-order valence-electron chi connectivity index (χ1n) is 10.4. The average molecular weight is 354 g/mol. The lowest BCUT2D eigenvalue weighted by molar-refractivity contribution is 0.332. The summed E-state index contributed by atoms with van der Waals surface area (Å²) in [5.41, 5.74) is 4.53. The molecule has 0 unspecified atom stereocenters. The molecule has 0 amide bonds. The van der Waals surface area contributed by atoms with Crippen LogP contribution in [0.5, 0.6) is 0 Å². The van der Waals surface area contributed by atoms with Crippen molar-refractivity contribution in [3.63, 3.8) is 0 Å². The van der Waals surface area contributed by atoms with Crippen molar-refractivity contribution in [2.75, 3.05) is 0 Å². The first-order valence-corrected chi connectivity index (χ1v) is 10.4. The molecule has 0 saturated heterocycles. The van der Waals surface area contributed by atoms with E-state index in [-0.39, 0.29) is 10.8 Å². The third-order valence-electron chi connectivity index (χ3n) is 6.30. The van der Waals surface area contributed by atoms with Gasteiger partial charge in [-0.25, -0.2) is 4.98 Å². The van der Waals surface area contributed by atoms with E-state index in [9.17, 15) is 0 Å². The van der Waals surface area contributed by atoms with E-state index >= 15 is 0 Å². The van der Waals surface area contributed by atoms with Crippen LogP contribution in [0.15, 0.2) is 28.8 Å². The highest BCUT2D eigenvalue weighted by Gasteiger charge is 2.37. The second-order valence-corrected chi connectivity index (χ2v) is 9.37. The van der Waals surface area contributed by atoms with Crippen molar-refractivity contribution in [2.45, 2.75) is 96.8 Å². The molecule has 1 heterocycles. The number of fused-ring (bicyclic) bond motifs is 1. The van der Waals surface area contributed by atoms with E-state index in [0.29, 0.717) is 5.92 Å². The molecule has 1 aromatic carbocycles. The van der Waals surface area contributed by atoms with Crippen molar-refractivity contribution in [3.05, 3.63) is 41.3 Å². The van der Waals surface area contributed by atoms with E-state index in [1.54, 1.807) is 0 Å². The van der Waals surface area contributed by atoms with E-state index in [1.165, 1.54) is 49.7 Å². The van der Waals surface area contributed by atoms with Gasteiger partial charge in [0.2, 0.25) is 5.89 Å². The molecule has 0 saturated carbocycles. The van der Waals surface area contributed by atoms with Gasteiger partial charge in [0.15, 0.2) is 0 Å². The second kappa shape index (κ2) is 7.21. The molecular formula is C24H35NO. The quantitative estimate of drug-likeness (QED) is 0.541. The number of benzene rings is 1. The van der Waals surface area contributed by atoms with Crippen LogP contribution >= 0.6 is 0 Å². The van der Waals surface area contributed by atoms with Crippen LogP contribution in [-0.2, 0) is 10.8 Å². The fourth-order valence-electron chi connectivity index (χ4n) is 4.46. The third-order valence-corrected chi connectivity index (χ3v) is 6.30. The number of hydrogen-bond acceptors (Lipinski definition) is 2. The number of aromatic nitrogens is 1. The minimum absolute atomic E-state index is 0.212. The summed E-state index contributed by atoms with van der Waals surface area (Å²) < 4.78 is 6.24. The molecule has 0 spiro atoms. The van der Waals surface area contributed by atoms with E-state index in [0.717, 1.165) is 17.2 Å². The fourth-order valence-corrected chi connectivity index (χ4v) is 4.46. The van der Waals surface area contributed by atoms with Gasteiger partial charge in [-0.05, 0) is 59.8 Å². The minimum Gasteiger partial charge on any atom is -0.441 e. The van der Waals surface area contributed by atoms with Crippen LogP contribution in [0.3, 0.4) is 0 Å². The molecule has 2 nitrogen and oxygen atoms in total. The molecule has 142 valence electrons. The molecule has 0 aliphatic heterocycles. The summed E-state index contributed by atoms with van der Waals surface area (Å²) in [4.78, 5) is 4.64. The van der Waals surface area contributed by atoms with Crippen LogP contribution in [0.4, 0.5) is 0 Å². The predicted molar refractivity (Wildman–Crippen MR) is 110 cm³/mol. The Morgan fingerprint density at radius 3 is 2.19 bits per heavy atom. The van der Waals surface area contributed by atoms with Crippen molar-refractivity contribution in [1.29, 1.82) is 0 Å². The summed E-state index contributed by atoms with van der Waals surface area (Å²) in [6, 6.07) is 6.85. The van der Waals surface area contributed by atoms with Crippen LogP contribution in [0.25, 0.3) is 11.5 Å². The van der Waals surface area contributed by atoms with Crippen LogP contribution in [0, 0.1) is 0 Å². The Morgan fingerprint density at radius 1 is 0.962 bits per heavy atom. The van der Waals surface area contributed by atoms with Crippen LogP contribution < -0.4 is 0 Å². The molecule has 0 atom stereocenters. The van der Waals surface area contributed by atoms with Crippen LogP contribution in [0.2, 0.25) is 0 Å². The smallest absolute Gasteiger partial charge is 0.226 e. The average Bonchev–Trinajstić information content (AvgIpc) is 3.09. The normalized spacial score (nSPS) is 18.1. The lowest BCUT2D eigenvalue weighted by Gasteiger charge is -2.42. The zero-order chi connectivity index (χ0) is 18.9. The molecule has 0 N–H and O–H groups in total. The molecule has 3 rings (SSSR count). The largest absolute Gasteiger partial charge is 0.441 e. The van der Waals surface area contributed by atoms with E-state index in [1.807, 2.05) is 6.20 Å². The lowest BCUT2D eigenvalue weighted by Crippen LogP contribution is -2.33. The van der Waals surface area contributed by atoms with Crippen molar-refractivity contribution >= 4 is 0 Å².